The normalized spacial score (nSPS) is 19.5. The predicted octanol–water partition coefficient (Wildman–Crippen LogP) is 0.410. The molecule has 0 spiro atoms. The van der Waals surface area contributed by atoms with E-state index in [1.807, 2.05) is 0 Å². The number of nitrogens with zero attached hydrogens (tertiary/aromatic N) is 2. The summed E-state index contributed by atoms with van der Waals surface area (Å²) in [6.07, 6.45) is 0. The Kier molecular flexibility index (Phi) is 7.52. The molecule has 0 aromatic carbocycles. The number of piperazine rings is 1. The second-order valence-electron chi connectivity index (χ2n) is 5.10. The van der Waals surface area contributed by atoms with Gasteiger partial charge in [0.2, 0.25) is 0 Å². The van der Waals surface area contributed by atoms with Crippen molar-refractivity contribution in [2.24, 2.45) is 5.73 Å². The molecule has 0 amide bonds. The fourth-order valence-corrected chi connectivity index (χ4v) is 1.97. The lowest BCUT2D eigenvalue weighted by Crippen LogP contribution is -2.53. The van der Waals surface area contributed by atoms with Crippen molar-refractivity contribution in [2.45, 2.75) is 19.4 Å². The highest BCUT2D eigenvalue weighted by atomic mass is 35.5. The lowest BCUT2D eigenvalue weighted by atomic mass is 10.1. The van der Waals surface area contributed by atoms with Crippen molar-refractivity contribution in [3.05, 3.63) is 0 Å². The molecule has 98 valence electrons. The molecule has 0 radical (unpaired) electrons. The lowest BCUT2D eigenvalue weighted by Gasteiger charge is -2.37. The van der Waals surface area contributed by atoms with Gasteiger partial charge in [-0.05, 0) is 13.8 Å². The van der Waals surface area contributed by atoms with Gasteiger partial charge in [-0.15, -0.1) is 12.4 Å². The van der Waals surface area contributed by atoms with Gasteiger partial charge in [-0.25, -0.2) is 0 Å². The molecular weight excluding hydrogens is 226 g/mol. The van der Waals surface area contributed by atoms with E-state index in [0.29, 0.717) is 0 Å². The zero-order chi connectivity index (χ0) is 11.3. The molecule has 4 nitrogen and oxygen atoms in total. The molecule has 1 rings (SSSR count). The monoisotopic (exact) mass is 251 g/mol. The van der Waals surface area contributed by atoms with Crippen LogP contribution in [0.5, 0.6) is 0 Å². The SMILES string of the molecule is COCCN1CCN(CC(C)(C)N)CC1.Cl. The second kappa shape index (κ2) is 7.45. The molecule has 0 unspecified atom stereocenters. The third kappa shape index (κ3) is 6.66. The Bertz CT molecular complexity index is 177. The minimum absolute atomic E-state index is 0. The maximum atomic E-state index is 6.01. The topological polar surface area (TPSA) is 41.7 Å². The molecule has 1 fully saturated rings. The molecule has 1 heterocycles. The summed E-state index contributed by atoms with van der Waals surface area (Å²) in [7, 11) is 1.76. The largest absolute Gasteiger partial charge is 0.383 e. The molecule has 1 aliphatic rings. The van der Waals surface area contributed by atoms with Crippen LogP contribution in [0.4, 0.5) is 0 Å². The van der Waals surface area contributed by atoms with Gasteiger partial charge in [0.1, 0.15) is 0 Å². The molecule has 2 N–H and O–H groups in total. The maximum absolute atomic E-state index is 6.01. The molecule has 1 aliphatic heterocycles. The average molecular weight is 252 g/mol. The zero-order valence-corrected chi connectivity index (χ0v) is 11.6. The van der Waals surface area contributed by atoms with Gasteiger partial charge in [-0.3, -0.25) is 9.80 Å². The second-order valence-corrected chi connectivity index (χ2v) is 5.10. The Balaban J connectivity index is 0.00000225. The maximum Gasteiger partial charge on any atom is 0.0589 e. The molecule has 0 saturated carbocycles. The Morgan fingerprint density at radius 2 is 1.62 bits per heavy atom. The summed E-state index contributed by atoms with van der Waals surface area (Å²) in [4.78, 5) is 4.90. The van der Waals surface area contributed by atoms with Gasteiger partial charge in [0.25, 0.3) is 0 Å². The molecule has 16 heavy (non-hydrogen) atoms. The summed E-state index contributed by atoms with van der Waals surface area (Å²) < 4.78 is 5.08. The van der Waals surface area contributed by atoms with E-state index in [9.17, 15) is 0 Å². The summed E-state index contributed by atoms with van der Waals surface area (Å²) in [5.74, 6) is 0. The van der Waals surface area contributed by atoms with E-state index in [1.54, 1.807) is 7.11 Å². The highest BCUT2D eigenvalue weighted by molar-refractivity contribution is 5.85. The van der Waals surface area contributed by atoms with Crippen LogP contribution in [0.25, 0.3) is 0 Å². The average Bonchev–Trinajstić information content (AvgIpc) is 2.14. The van der Waals surface area contributed by atoms with Crippen LogP contribution in [0.3, 0.4) is 0 Å². The smallest absolute Gasteiger partial charge is 0.0589 e. The van der Waals surface area contributed by atoms with Crippen molar-refractivity contribution in [1.82, 2.24) is 9.80 Å². The van der Waals surface area contributed by atoms with Crippen molar-refractivity contribution < 1.29 is 4.74 Å². The summed E-state index contributed by atoms with van der Waals surface area (Å²) in [6.45, 7) is 11.6. The number of hydrogen-bond acceptors (Lipinski definition) is 4. The fourth-order valence-electron chi connectivity index (χ4n) is 1.97. The summed E-state index contributed by atoms with van der Waals surface area (Å²) >= 11 is 0. The van der Waals surface area contributed by atoms with Crippen LogP contribution in [-0.2, 0) is 4.74 Å². The van der Waals surface area contributed by atoms with Gasteiger partial charge in [0, 0.05) is 51.9 Å². The summed E-state index contributed by atoms with van der Waals surface area (Å²) in [5.41, 5.74) is 5.93. The zero-order valence-electron chi connectivity index (χ0n) is 10.7. The van der Waals surface area contributed by atoms with Crippen molar-refractivity contribution in [3.8, 4) is 0 Å². The van der Waals surface area contributed by atoms with E-state index in [-0.39, 0.29) is 17.9 Å². The number of nitrogens with two attached hydrogens (primary N) is 1. The Morgan fingerprint density at radius 1 is 1.12 bits per heavy atom. The van der Waals surface area contributed by atoms with Crippen molar-refractivity contribution in [2.75, 3.05) is 53.0 Å². The van der Waals surface area contributed by atoms with Crippen LogP contribution in [0, 0.1) is 0 Å². The third-order valence-corrected chi connectivity index (χ3v) is 2.71. The highest BCUT2D eigenvalue weighted by Gasteiger charge is 2.21. The van der Waals surface area contributed by atoms with E-state index in [0.717, 1.165) is 45.9 Å². The fraction of sp³-hybridized carbons (Fsp3) is 1.00. The highest BCUT2D eigenvalue weighted by Crippen LogP contribution is 2.06. The van der Waals surface area contributed by atoms with Crippen LogP contribution in [0.15, 0.2) is 0 Å². The van der Waals surface area contributed by atoms with E-state index >= 15 is 0 Å². The van der Waals surface area contributed by atoms with E-state index in [2.05, 4.69) is 23.6 Å². The van der Waals surface area contributed by atoms with Crippen molar-refractivity contribution in [1.29, 1.82) is 0 Å². The first-order valence-electron chi connectivity index (χ1n) is 5.74. The number of methoxy groups -OCH3 is 1. The molecule has 1 saturated heterocycles. The van der Waals surface area contributed by atoms with Crippen LogP contribution < -0.4 is 5.73 Å². The van der Waals surface area contributed by atoms with E-state index in [1.165, 1.54) is 0 Å². The van der Waals surface area contributed by atoms with Crippen LogP contribution >= 0.6 is 12.4 Å². The Hall–Kier alpha value is 0.130. The van der Waals surface area contributed by atoms with Gasteiger partial charge in [-0.2, -0.15) is 0 Å². The molecule has 0 aliphatic carbocycles. The quantitative estimate of drug-likeness (QED) is 0.769. The van der Waals surface area contributed by atoms with E-state index in [4.69, 9.17) is 10.5 Å². The standard InChI is InChI=1S/C11H25N3O.ClH/c1-11(2,12)10-14-6-4-13(5-7-14)8-9-15-3;/h4-10,12H2,1-3H3;1H. The minimum Gasteiger partial charge on any atom is -0.383 e. The van der Waals surface area contributed by atoms with Crippen LogP contribution in [-0.4, -0.2) is 68.3 Å². The molecule has 5 heteroatoms. The minimum atomic E-state index is -0.0747. The van der Waals surface area contributed by atoms with Crippen molar-refractivity contribution in [3.63, 3.8) is 0 Å². The number of hydrogen-bond donors (Lipinski definition) is 1. The van der Waals surface area contributed by atoms with Crippen LogP contribution in [0.2, 0.25) is 0 Å². The first kappa shape index (κ1) is 16.1. The van der Waals surface area contributed by atoms with Gasteiger partial charge in [-0.1, -0.05) is 0 Å². The van der Waals surface area contributed by atoms with Gasteiger partial charge >= 0.3 is 0 Å². The van der Waals surface area contributed by atoms with Gasteiger partial charge in [0.15, 0.2) is 0 Å². The number of ether oxygens (including phenoxy) is 1. The first-order valence-corrected chi connectivity index (χ1v) is 5.74. The van der Waals surface area contributed by atoms with E-state index < -0.39 is 0 Å². The molecule has 0 atom stereocenters. The van der Waals surface area contributed by atoms with Crippen molar-refractivity contribution >= 4 is 12.4 Å². The predicted molar refractivity (Wildman–Crippen MR) is 70.3 cm³/mol. The molecular formula is C11H26ClN3O. The summed E-state index contributed by atoms with van der Waals surface area (Å²) in [6, 6.07) is 0. The van der Waals surface area contributed by atoms with Gasteiger partial charge in [0.05, 0.1) is 6.61 Å². The lowest BCUT2D eigenvalue weighted by molar-refractivity contribution is 0.0883. The Labute approximate surface area is 106 Å². The van der Waals surface area contributed by atoms with Crippen LogP contribution in [0.1, 0.15) is 13.8 Å². The molecule has 0 aromatic rings. The molecule has 0 aromatic heterocycles. The first-order chi connectivity index (χ1) is 7.01. The third-order valence-electron chi connectivity index (χ3n) is 2.71. The molecule has 0 bridgehead atoms. The summed E-state index contributed by atoms with van der Waals surface area (Å²) in [5, 5.41) is 0. The Morgan fingerprint density at radius 3 is 2.06 bits per heavy atom. The van der Waals surface area contributed by atoms with Gasteiger partial charge < -0.3 is 10.5 Å². The number of rotatable bonds is 5. The number of halogens is 1.